The highest BCUT2D eigenvalue weighted by molar-refractivity contribution is 5.90. The second-order valence-corrected chi connectivity index (χ2v) is 5.12. The lowest BCUT2D eigenvalue weighted by molar-refractivity contribution is -0.115. The zero-order valence-corrected chi connectivity index (χ0v) is 12.0. The standard InChI is InChI=1S/C13H17N5O3/c1-7-9(8(2)21-18-7)6-11(19)15-13-17-16-12(20-13)10-4-3-5-14-10/h10,14H,3-6H2,1-2H3,(H,15,17,19). The minimum absolute atomic E-state index is 0.0886. The van der Waals surface area contributed by atoms with Gasteiger partial charge in [-0.15, -0.1) is 5.10 Å². The van der Waals surface area contributed by atoms with E-state index in [2.05, 4.69) is 26.0 Å². The Hall–Kier alpha value is -2.22. The third-order valence-electron chi connectivity index (χ3n) is 3.56. The molecule has 1 unspecified atom stereocenters. The summed E-state index contributed by atoms with van der Waals surface area (Å²) in [5, 5.41) is 17.5. The predicted molar refractivity (Wildman–Crippen MR) is 72.6 cm³/mol. The number of carbonyl (C=O) groups excluding carboxylic acids is 1. The van der Waals surface area contributed by atoms with Crippen molar-refractivity contribution in [1.82, 2.24) is 20.7 Å². The first-order valence-electron chi connectivity index (χ1n) is 6.92. The minimum atomic E-state index is -0.237. The van der Waals surface area contributed by atoms with Crippen LogP contribution in [0.5, 0.6) is 0 Å². The SMILES string of the molecule is Cc1noc(C)c1CC(=O)Nc1nnc(C2CCCN2)o1. The van der Waals surface area contributed by atoms with Gasteiger partial charge in [-0.1, -0.05) is 10.3 Å². The third-order valence-corrected chi connectivity index (χ3v) is 3.56. The number of carbonyl (C=O) groups is 1. The molecule has 8 nitrogen and oxygen atoms in total. The van der Waals surface area contributed by atoms with Gasteiger partial charge in [0.1, 0.15) is 5.76 Å². The Labute approximate surface area is 121 Å². The van der Waals surface area contributed by atoms with E-state index >= 15 is 0 Å². The summed E-state index contributed by atoms with van der Waals surface area (Å²) in [6.07, 6.45) is 2.22. The fraction of sp³-hybridized carbons (Fsp3) is 0.538. The van der Waals surface area contributed by atoms with Crippen LogP contribution in [0.2, 0.25) is 0 Å². The van der Waals surface area contributed by atoms with Gasteiger partial charge in [0.05, 0.1) is 18.2 Å². The molecule has 2 N–H and O–H groups in total. The van der Waals surface area contributed by atoms with Crippen LogP contribution in [0.25, 0.3) is 0 Å². The van der Waals surface area contributed by atoms with E-state index in [1.54, 1.807) is 13.8 Å². The molecule has 1 amide bonds. The van der Waals surface area contributed by atoms with Gasteiger partial charge in [0, 0.05) is 5.56 Å². The van der Waals surface area contributed by atoms with Crippen molar-refractivity contribution >= 4 is 11.9 Å². The van der Waals surface area contributed by atoms with E-state index < -0.39 is 0 Å². The number of nitrogens with one attached hydrogen (secondary N) is 2. The Morgan fingerprint density at radius 2 is 2.29 bits per heavy atom. The molecule has 2 aromatic heterocycles. The Balaban J connectivity index is 1.62. The van der Waals surface area contributed by atoms with Gasteiger partial charge in [0.15, 0.2) is 0 Å². The number of aromatic nitrogens is 3. The molecule has 3 heterocycles. The molecule has 0 bridgehead atoms. The molecule has 0 aliphatic carbocycles. The van der Waals surface area contributed by atoms with Crippen LogP contribution in [0, 0.1) is 13.8 Å². The number of aryl methyl sites for hydroxylation is 2. The Morgan fingerprint density at radius 3 is 2.95 bits per heavy atom. The number of hydrogen-bond acceptors (Lipinski definition) is 7. The van der Waals surface area contributed by atoms with Crippen molar-refractivity contribution in [3.63, 3.8) is 0 Å². The van der Waals surface area contributed by atoms with Gasteiger partial charge < -0.3 is 14.3 Å². The fourth-order valence-corrected chi connectivity index (χ4v) is 2.40. The number of amides is 1. The smallest absolute Gasteiger partial charge is 0.322 e. The van der Waals surface area contributed by atoms with Gasteiger partial charge in [0.25, 0.3) is 0 Å². The maximum Gasteiger partial charge on any atom is 0.322 e. The summed E-state index contributed by atoms with van der Waals surface area (Å²) in [4.78, 5) is 12.0. The molecule has 0 saturated carbocycles. The van der Waals surface area contributed by atoms with Crippen molar-refractivity contribution in [3.05, 3.63) is 22.9 Å². The molecule has 1 aliphatic rings. The van der Waals surface area contributed by atoms with Gasteiger partial charge in [-0.3, -0.25) is 10.1 Å². The quantitative estimate of drug-likeness (QED) is 0.873. The van der Waals surface area contributed by atoms with Crippen LogP contribution >= 0.6 is 0 Å². The second kappa shape index (κ2) is 5.65. The lowest BCUT2D eigenvalue weighted by atomic mass is 10.1. The van der Waals surface area contributed by atoms with Crippen molar-refractivity contribution in [1.29, 1.82) is 0 Å². The molecule has 1 atom stereocenters. The molecule has 0 spiro atoms. The first-order valence-corrected chi connectivity index (χ1v) is 6.92. The molecule has 21 heavy (non-hydrogen) atoms. The van der Waals surface area contributed by atoms with E-state index in [0.717, 1.165) is 24.9 Å². The van der Waals surface area contributed by atoms with Gasteiger partial charge in [0.2, 0.25) is 11.8 Å². The highest BCUT2D eigenvalue weighted by Crippen LogP contribution is 2.23. The van der Waals surface area contributed by atoms with E-state index in [1.165, 1.54) is 0 Å². The Bertz CT molecular complexity index is 623. The van der Waals surface area contributed by atoms with E-state index in [0.29, 0.717) is 17.3 Å². The van der Waals surface area contributed by atoms with Crippen LogP contribution in [0.4, 0.5) is 6.01 Å². The monoisotopic (exact) mass is 291 g/mol. The molecule has 3 rings (SSSR count). The molecule has 0 aromatic carbocycles. The van der Waals surface area contributed by atoms with Crippen molar-refractivity contribution < 1.29 is 13.7 Å². The zero-order chi connectivity index (χ0) is 14.8. The van der Waals surface area contributed by atoms with E-state index in [-0.39, 0.29) is 24.4 Å². The molecule has 1 aliphatic heterocycles. The molecule has 8 heteroatoms. The lowest BCUT2D eigenvalue weighted by Crippen LogP contribution is -2.15. The first-order chi connectivity index (χ1) is 10.1. The maximum atomic E-state index is 12.0. The van der Waals surface area contributed by atoms with Crippen molar-refractivity contribution in [2.75, 3.05) is 11.9 Å². The van der Waals surface area contributed by atoms with Crippen molar-refractivity contribution in [2.24, 2.45) is 0 Å². The third kappa shape index (κ3) is 2.94. The number of anilines is 1. The Morgan fingerprint density at radius 1 is 1.43 bits per heavy atom. The zero-order valence-electron chi connectivity index (χ0n) is 12.0. The van der Waals surface area contributed by atoms with Crippen LogP contribution in [0.15, 0.2) is 8.94 Å². The van der Waals surface area contributed by atoms with Gasteiger partial charge >= 0.3 is 6.01 Å². The minimum Gasteiger partial charge on any atom is -0.406 e. The van der Waals surface area contributed by atoms with E-state index in [4.69, 9.17) is 8.94 Å². The normalized spacial score (nSPS) is 18.1. The first kappa shape index (κ1) is 13.7. The van der Waals surface area contributed by atoms with Crippen LogP contribution in [-0.4, -0.2) is 27.8 Å². The van der Waals surface area contributed by atoms with Crippen LogP contribution in [0.1, 0.15) is 41.8 Å². The summed E-state index contributed by atoms with van der Waals surface area (Å²) < 4.78 is 10.5. The average Bonchev–Trinajstić information content (AvgIpc) is 3.16. The van der Waals surface area contributed by atoms with Crippen LogP contribution < -0.4 is 10.6 Å². The van der Waals surface area contributed by atoms with Gasteiger partial charge in [-0.25, -0.2) is 0 Å². The topological polar surface area (TPSA) is 106 Å². The molecule has 2 aromatic rings. The molecule has 1 saturated heterocycles. The second-order valence-electron chi connectivity index (χ2n) is 5.12. The van der Waals surface area contributed by atoms with Crippen molar-refractivity contribution in [3.8, 4) is 0 Å². The number of rotatable bonds is 4. The van der Waals surface area contributed by atoms with Gasteiger partial charge in [-0.05, 0) is 33.2 Å². The van der Waals surface area contributed by atoms with Crippen LogP contribution in [-0.2, 0) is 11.2 Å². The maximum absolute atomic E-state index is 12.0. The van der Waals surface area contributed by atoms with E-state index in [9.17, 15) is 4.79 Å². The lowest BCUT2D eigenvalue weighted by Gasteiger charge is -2.03. The summed E-state index contributed by atoms with van der Waals surface area (Å²) in [5.41, 5.74) is 1.49. The summed E-state index contributed by atoms with van der Waals surface area (Å²) >= 11 is 0. The summed E-state index contributed by atoms with van der Waals surface area (Å²) in [6.45, 7) is 4.52. The molecular formula is C13H17N5O3. The highest BCUT2D eigenvalue weighted by atomic mass is 16.5. The fourth-order valence-electron chi connectivity index (χ4n) is 2.40. The number of nitrogens with zero attached hydrogens (tertiary/aromatic N) is 3. The average molecular weight is 291 g/mol. The number of hydrogen-bond donors (Lipinski definition) is 2. The highest BCUT2D eigenvalue weighted by Gasteiger charge is 2.23. The van der Waals surface area contributed by atoms with Crippen LogP contribution in [0.3, 0.4) is 0 Å². The molecule has 0 radical (unpaired) electrons. The Kier molecular flexibility index (Phi) is 3.70. The predicted octanol–water partition coefficient (Wildman–Crippen LogP) is 1.28. The molecular weight excluding hydrogens is 274 g/mol. The molecule has 1 fully saturated rings. The summed E-state index contributed by atoms with van der Waals surface area (Å²) in [5.74, 6) is 0.920. The summed E-state index contributed by atoms with van der Waals surface area (Å²) in [6, 6.07) is 0.209. The van der Waals surface area contributed by atoms with E-state index in [1.807, 2.05) is 0 Å². The largest absolute Gasteiger partial charge is 0.406 e. The van der Waals surface area contributed by atoms with Crippen molar-refractivity contribution in [2.45, 2.75) is 39.2 Å². The molecule has 112 valence electrons. The summed E-state index contributed by atoms with van der Waals surface area (Å²) in [7, 11) is 0. The van der Waals surface area contributed by atoms with Gasteiger partial charge in [-0.2, -0.15) is 0 Å².